The number of halogens is 1. The predicted octanol–water partition coefficient (Wildman–Crippen LogP) is 4.92. The minimum atomic E-state index is -0.368. The second-order valence-corrected chi connectivity index (χ2v) is 9.43. The van der Waals surface area contributed by atoms with E-state index in [0.29, 0.717) is 30.3 Å². The topological polar surface area (TPSA) is 87.8 Å². The van der Waals surface area contributed by atoms with Crippen LogP contribution in [0, 0.1) is 5.92 Å². The van der Waals surface area contributed by atoms with Crippen molar-refractivity contribution in [1.29, 1.82) is 0 Å². The lowest BCUT2D eigenvalue weighted by Crippen LogP contribution is -2.31. The number of nitrogens with two attached hydrogens (primary N) is 1. The smallest absolute Gasteiger partial charge is 0.338 e. The molecule has 0 heterocycles. The number of ether oxygens (including phenoxy) is 1. The van der Waals surface area contributed by atoms with Gasteiger partial charge in [-0.25, -0.2) is 4.79 Å². The number of anilines is 2. The van der Waals surface area contributed by atoms with E-state index in [1.807, 2.05) is 41.3 Å². The van der Waals surface area contributed by atoms with Crippen LogP contribution in [0.4, 0.5) is 11.4 Å². The van der Waals surface area contributed by atoms with Crippen LogP contribution in [0.25, 0.3) is 0 Å². The molecule has 0 amide bonds. The van der Waals surface area contributed by atoms with E-state index >= 15 is 0 Å². The quantitative estimate of drug-likeness (QED) is 0.289. The highest BCUT2D eigenvalue weighted by Gasteiger charge is 2.27. The second-order valence-electron chi connectivity index (χ2n) is 8.58. The third-order valence-corrected chi connectivity index (χ3v) is 7.02. The SMILES string of the molecule is CCNC(c1cc(C(=O)OCCN(CCO)c2ccccc2)cc(Br)c1N)C1CCCCC1. The van der Waals surface area contributed by atoms with Gasteiger partial charge in [-0.2, -0.15) is 0 Å². The van der Waals surface area contributed by atoms with Crippen molar-refractivity contribution in [2.24, 2.45) is 5.92 Å². The number of para-hydroxylation sites is 1. The summed E-state index contributed by atoms with van der Waals surface area (Å²) < 4.78 is 6.34. The van der Waals surface area contributed by atoms with Gasteiger partial charge in [0.15, 0.2) is 0 Å². The molecule has 2 aromatic rings. The molecule has 1 aliphatic rings. The molecular weight excluding hydrogens is 482 g/mol. The number of carbonyl (C=O) groups excluding carboxylic acids is 1. The zero-order chi connectivity index (χ0) is 23.6. The third kappa shape index (κ3) is 6.95. The molecule has 6 nitrogen and oxygen atoms in total. The number of aliphatic hydroxyl groups excluding tert-OH is 1. The zero-order valence-electron chi connectivity index (χ0n) is 19.4. The summed E-state index contributed by atoms with van der Waals surface area (Å²) in [6.07, 6.45) is 6.10. The Morgan fingerprint density at radius 2 is 1.94 bits per heavy atom. The number of nitrogens with one attached hydrogen (secondary N) is 1. The highest BCUT2D eigenvalue weighted by Crippen LogP contribution is 2.39. The van der Waals surface area contributed by atoms with Crippen molar-refractivity contribution in [3.8, 4) is 0 Å². The van der Waals surface area contributed by atoms with Crippen LogP contribution in [0.5, 0.6) is 0 Å². The van der Waals surface area contributed by atoms with Gasteiger partial charge in [0.1, 0.15) is 6.61 Å². The van der Waals surface area contributed by atoms with E-state index in [0.717, 1.165) is 22.3 Å². The van der Waals surface area contributed by atoms with Gasteiger partial charge < -0.3 is 25.8 Å². The summed E-state index contributed by atoms with van der Waals surface area (Å²) in [4.78, 5) is 14.9. The Hall–Kier alpha value is -2.09. The molecule has 0 aliphatic heterocycles. The van der Waals surface area contributed by atoms with Gasteiger partial charge in [-0.05, 0) is 71.1 Å². The molecule has 0 radical (unpaired) electrons. The fourth-order valence-corrected chi connectivity index (χ4v) is 5.17. The van der Waals surface area contributed by atoms with Crippen LogP contribution in [0.3, 0.4) is 0 Å². The van der Waals surface area contributed by atoms with E-state index < -0.39 is 0 Å². The number of carbonyl (C=O) groups is 1. The Balaban J connectivity index is 1.71. The third-order valence-electron chi connectivity index (χ3n) is 6.36. The van der Waals surface area contributed by atoms with Crippen molar-refractivity contribution >= 4 is 33.3 Å². The number of nitrogen functional groups attached to an aromatic ring is 1. The number of benzene rings is 2. The van der Waals surface area contributed by atoms with E-state index in [1.165, 1.54) is 32.1 Å². The lowest BCUT2D eigenvalue weighted by atomic mass is 9.80. The number of nitrogens with zero attached hydrogens (tertiary/aromatic N) is 1. The molecule has 7 heteroatoms. The van der Waals surface area contributed by atoms with Gasteiger partial charge >= 0.3 is 5.97 Å². The Kier molecular flexibility index (Phi) is 10.0. The van der Waals surface area contributed by atoms with E-state index in [1.54, 1.807) is 6.07 Å². The molecule has 1 saturated carbocycles. The zero-order valence-corrected chi connectivity index (χ0v) is 21.0. The van der Waals surface area contributed by atoms with E-state index in [2.05, 4.69) is 28.2 Å². The molecule has 0 spiro atoms. The van der Waals surface area contributed by atoms with Crippen LogP contribution in [0.1, 0.15) is 61.0 Å². The minimum absolute atomic E-state index is 0.0318. The van der Waals surface area contributed by atoms with Gasteiger partial charge in [0.2, 0.25) is 0 Å². The van der Waals surface area contributed by atoms with E-state index in [9.17, 15) is 9.90 Å². The number of esters is 1. The van der Waals surface area contributed by atoms with Crippen LogP contribution in [0.2, 0.25) is 0 Å². The molecule has 1 atom stereocenters. The Labute approximate surface area is 205 Å². The van der Waals surface area contributed by atoms with Crippen molar-refractivity contribution in [2.75, 3.05) is 43.5 Å². The molecule has 1 fully saturated rings. The van der Waals surface area contributed by atoms with Crippen molar-refractivity contribution in [3.63, 3.8) is 0 Å². The molecule has 33 heavy (non-hydrogen) atoms. The first kappa shape index (κ1) is 25.5. The summed E-state index contributed by atoms with van der Waals surface area (Å²) in [5, 5.41) is 13.0. The molecule has 4 N–H and O–H groups in total. The van der Waals surface area contributed by atoms with Gasteiger partial charge in [0.25, 0.3) is 0 Å². The molecule has 1 aliphatic carbocycles. The van der Waals surface area contributed by atoms with Crippen LogP contribution in [-0.2, 0) is 4.74 Å². The van der Waals surface area contributed by atoms with Crippen LogP contribution < -0.4 is 16.0 Å². The lowest BCUT2D eigenvalue weighted by Gasteiger charge is -2.32. The van der Waals surface area contributed by atoms with E-state index in [-0.39, 0.29) is 25.2 Å². The molecule has 0 saturated heterocycles. The first-order valence-electron chi connectivity index (χ1n) is 12.0. The predicted molar refractivity (Wildman–Crippen MR) is 138 cm³/mol. The number of hydrogen-bond donors (Lipinski definition) is 3. The number of hydrogen-bond acceptors (Lipinski definition) is 6. The largest absolute Gasteiger partial charge is 0.460 e. The van der Waals surface area contributed by atoms with Crippen molar-refractivity contribution < 1.29 is 14.6 Å². The number of rotatable bonds is 11. The Bertz CT molecular complexity index is 888. The number of aliphatic hydroxyl groups is 1. The van der Waals surface area contributed by atoms with Gasteiger partial charge in [-0.1, -0.05) is 44.4 Å². The molecule has 180 valence electrons. The monoisotopic (exact) mass is 517 g/mol. The maximum absolute atomic E-state index is 12.9. The molecule has 0 aromatic heterocycles. The van der Waals surface area contributed by atoms with Gasteiger partial charge in [-0.15, -0.1) is 0 Å². The molecule has 1 unspecified atom stereocenters. The van der Waals surface area contributed by atoms with Gasteiger partial charge in [-0.3, -0.25) is 0 Å². The summed E-state index contributed by atoms with van der Waals surface area (Å²) in [5.74, 6) is 0.143. The minimum Gasteiger partial charge on any atom is -0.460 e. The van der Waals surface area contributed by atoms with Gasteiger partial charge in [0, 0.05) is 22.7 Å². The summed E-state index contributed by atoms with van der Waals surface area (Å²) in [7, 11) is 0. The molecular formula is C26H36BrN3O3. The maximum Gasteiger partial charge on any atom is 0.338 e. The van der Waals surface area contributed by atoms with Crippen molar-refractivity contribution in [1.82, 2.24) is 5.32 Å². The first-order chi connectivity index (χ1) is 16.0. The van der Waals surface area contributed by atoms with Crippen LogP contribution >= 0.6 is 15.9 Å². The fraction of sp³-hybridized carbons (Fsp3) is 0.500. The second kappa shape index (κ2) is 13.0. The molecule has 0 bridgehead atoms. The molecule has 2 aromatic carbocycles. The maximum atomic E-state index is 12.9. The van der Waals surface area contributed by atoms with E-state index in [4.69, 9.17) is 10.5 Å². The summed E-state index contributed by atoms with van der Waals surface area (Å²) in [6, 6.07) is 13.6. The normalized spacial score (nSPS) is 15.2. The summed E-state index contributed by atoms with van der Waals surface area (Å²) >= 11 is 3.55. The van der Waals surface area contributed by atoms with Crippen LogP contribution in [-0.4, -0.2) is 43.9 Å². The van der Waals surface area contributed by atoms with Crippen molar-refractivity contribution in [3.05, 3.63) is 58.1 Å². The average molecular weight is 518 g/mol. The van der Waals surface area contributed by atoms with Crippen molar-refractivity contribution in [2.45, 2.75) is 45.1 Å². The lowest BCUT2D eigenvalue weighted by molar-refractivity contribution is 0.0514. The summed E-state index contributed by atoms with van der Waals surface area (Å²) in [5.41, 5.74) is 9.59. The highest BCUT2D eigenvalue weighted by molar-refractivity contribution is 9.10. The Morgan fingerprint density at radius 3 is 2.61 bits per heavy atom. The fourth-order valence-electron chi connectivity index (χ4n) is 4.69. The van der Waals surface area contributed by atoms with Gasteiger partial charge in [0.05, 0.1) is 24.4 Å². The molecule has 3 rings (SSSR count). The van der Waals surface area contributed by atoms with Crippen LogP contribution in [0.15, 0.2) is 46.9 Å². The Morgan fingerprint density at radius 1 is 1.21 bits per heavy atom. The summed E-state index contributed by atoms with van der Waals surface area (Å²) in [6.45, 7) is 4.18. The first-order valence-corrected chi connectivity index (χ1v) is 12.7. The highest BCUT2D eigenvalue weighted by atomic mass is 79.9. The average Bonchev–Trinajstić information content (AvgIpc) is 2.85. The standard InChI is InChI=1S/C26H36BrN3O3/c1-2-29-25(19-9-5-3-6-10-19)22-17-20(18-23(27)24(22)28)26(32)33-16-14-30(13-15-31)21-11-7-4-8-12-21/h4,7-8,11-12,17-19,25,29,31H,2-3,5-6,9-10,13-16,28H2,1H3.